The lowest BCUT2D eigenvalue weighted by atomic mass is 10.1. The van der Waals surface area contributed by atoms with Gasteiger partial charge >= 0.3 is 5.97 Å². The first-order valence-corrected chi connectivity index (χ1v) is 9.38. The molecule has 2 aliphatic rings. The fourth-order valence-corrected chi connectivity index (χ4v) is 5.74. The van der Waals surface area contributed by atoms with Crippen molar-refractivity contribution in [2.75, 3.05) is 19.6 Å². The van der Waals surface area contributed by atoms with E-state index in [4.69, 9.17) is 5.11 Å². The van der Waals surface area contributed by atoms with Crippen LogP contribution < -0.4 is 0 Å². The number of halogens is 1. The van der Waals surface area contributed by atoms with Crippen molar-refractivity contribution >= 4 is 33.2 Å². The van der Waals surface area contributed by atoms with E-state index < -0.39 is 27.7 Å². The fourth-order valence-electron chi connectivity index (χ4n) is 3.01. The van der Waals surface area contributed by atoms with Crippen LogP contribution >= 0.6 is 11.3 Å². The number of carbonyl (C=O) groups excluding carboxylic acids is 1. The molecule has 2 atom stereocenters. The lowest BCUT2D eigenvalue weighted by Gasteiger charge is -2.24. The molecule has 0 radical (unpaired) electrons. The van der Waals surface area contributed by atoms with Crippen LogP contribution in [-0.2, 0) is 19.6 Å². The van der Waals surface area contributed by atoms with Crippen molar-refractivity contribution in [1.29, 1.82) is 0 Å². The quantitative estimate of drug-likeness (QED) is 0.846. The van der Waals surface area contributed by atoms with Crippen molar-refractivity contribution in [3.63, 3.8) is 0 Å². The smallest absolute Gasteiger partial charge is 0.308 e. The van der Waals surface area contributed by atoms with Gasteiger partial charge in [-0.3, -0.25) is 9.59 Å². The van der Waals surface area contributed by atoms with Crippen molar-refractivity contribution in [1.82, 2.24) is 9.21 Å². The summed E-state index contributed by atoms with van der Waals surface area (Å²) in [5.74, 6) is -2.82. The SMILES string of the molecule is O=C(O)C1CC(=O)N(C2CCN(S(=O)(=O)c3sccc3F)C2)C1. The van der Waals surface area contributed by atoms with Gasteiger partial charge in [-0.25, -0.2) is 12.8 Å². The summed E-state index contributed by atoms with van der Waals surface area (Å²) in [5, 5.41) is 10.4. The summed E-state index contributed by atoms with van der Waals surface area (Å²) in [4.78, 5) is 24.4. The molecular weight excluding hydrogens is 347 g/mol. The number of hydrogen-bond donors (Lipinski definition) is 1. The third-order valence-electron chi connectivity index (χ3n) is 4.23. The van der Waals surface area contributed by atoms with E-state index in [0.29, 0.717) is 6.42 Å². The van der Waals surface area contributed by atoms with E-state index in [1.807, 2.05) is 0 Å². The van der Waals surface area contributed by atoms with Crippen molar-refractivity contribution in [2.45, 2.75) is 23.1 Å². The summed E-state index contributed by atoms with van der Waals surface area (Å²) >= 11 is 0.819. The molecule has 1 aromatic rings. The molecule has 1 amide bonds. The summed E-state index contributed by atoms with van der Waals surface area (Å²) < 4.78 is 39.3. The largest absolute Gasteiger partial charge is 0.481 e. The average Bonchev–Trinajstić information content (AvgIpc) is 3.16. The molecule has 2 aliphatic heterocycles. The standard InChI is InChI=1S/C13H15FN2O5S2/c14-10-2-4-22-13(10)23(20,21)15-3-1-9(7-15)16-6-8(12(18)19)5-11(16)17/h2,4,8-9H,1,3,5-7H2,(H,18,19). The predicted octanol–water partition coefficient (Wildman–Crippen LogP) is 0.583. The molecule has 23 heavy (non-hydrogen) atoms. The van der Waals surface area contributed by atoms with E-state index in [2.05, 4.69) is 0 Å². The maximum Gasteiger partial charge on any atom is 0.308 e. The molecule has 126 valence electrons. The predicted molar refractivity (Wildman–Crippen MR) is 78.9 cm³/mol. The Morgan fingerprint density at radius 1 is 1.39 bits per heavy atom. The van der Waals surface area contributed by atoms with Crippen LogP contribution in [0, 0.1) is 11.7 Å². The molecule has 0 spiro atoms. The first kappa shape index (κ1) is 16.3. The number of aliphatic carboxylic acids is 1. The highest BCUT2D eigenvalue weighted by atomic mass is 32.2. The Morgan fingerprint density at radius 3 is 2.70 bits per heavy atom. The number of carbonyl (C=O) groups is 2. The first-order chi connectivity index (χ1) is 10.8. The zero-order valence-electron chi connectivity index (χ0n) is 12.0. The van der Waals surface area contributed by atoms with Crippen molar-refractivity contribution in [2.24, 2.45) is 5.92 Å². The number of nitrogens with zero attached hydrogens (tertiary/aromatic N) is 2. The van der Waals surface area contributed by atoms with Crippen LogP contribution in [0.4, 0.5) is 4.39 Å². The van der Waals surface area contributed by atoms with Gasteiger partial charge < -0.3 is 10.0 Å². The zero-order chi connectivity index (χ0) is 16.8. The Kier molecular flexibility index (Phi) is 4.15. The molecule has 0 saturated carbocycles. The van der Waals surface area contributed by atoms with Gasteiger partial charge in [-0.05, 0) is 17.9 Å². The fraction of sp³-hybridized carbons (Fsp3) is 0.538. The lowest BCUT2D eigenvalue weighted by molar-refractivity contribution is -0.141. The van der Waals surface area contributed by atoms with Crippen molar-refractivity contribution < 1.29 is 27.5 Å². The maximum absolute atomic E-state index is 13.6. The minimum absolute atomic E-state index is 0.0574. The van der Waals surface area contributed by atoms with Gasteiger partial charge in [0, 0.05) is 32.1 Å². The minimum atomic E-state index is -3.91. The van der Waals surface area contributed by atoms with Crippen LogP contribution in [0.3, 0.4) is 0 Å². The zero-order valence-corrected chi connectivity index (χ0v) is 13.6. The Hall–Kier alpha value is -1.52. The number of hydrogen-bond acceptors (Lipinski definition) is 5. The Morgan fingerprint density at radius 2 is 2.13 bits per heavy atom. The number of likely N-dealkylation sites (tertiary alicyclic amines) is 1. The molecule has 0 aliphatic carbocycles. The Bertz CT molecular complexity index is 747. The van der Waals surface area contributed by atoms with Crippen molar-refractivity contribution in [3.8, 4) is 0 Å². The van der Waals surface area contributed by atoms with E-state index >= 15 is 0 Å². The molecule has 10 heteroatoms. The number of carboxylic acids is 1. The summed E-state index contributed by atoms with van der Waals surface area (Å²) in [5.41, 5.74) is 0. The second-order valence-corrected chi connectivity index (χ2v) is 8.70. The molecule has 2 fully saturated rings. The highest BCUT2D eigenvalue weighted by Gasteiger charge is 2.43. The van der Waals surface area contributed by atoms with Gasteiger partial charge in [0.1, 0.15) is 0 Å². The van der Waals surface area contributed by atoms with Crippen LogP contribution in [0.1, 0.15) is 12.8 Å². The van der Waals surface area contributed by atoms with E-state index in [1.165, 1.54) is 10.3 Å². The molecule has 0 aromatic carbocycles. The number of carboxylic acid groups (broad SMARTS) is 1. The van der Waals surface area contributed by atoms with Crippen LogP contribution in [0.5, 0.6) is 0 Å². The molecule has 2 saturated heterocycles. The van der Waals surface area contributed by atoms with Gasteiger partial charge in [0.05, 0.1) is 5.92 Å². The molecule has 7 nitrogen and oxygen atoms in total. The highest BCUT2D eigenvalue weighted by molar-refractivity contribution is 7.91. The molecule has 3 rings (SSSR count). The molecule has 2 unspecified atom stereocenters. The lowest BCUT2D eigenvalue weighted by Crippen LogP contribution is -2.40. The summed E-state index contributed by atoms with van der Waals surface area (Å²) in [7, 11) is -3.91. The number of rotatable bonds is 4. The van der Waals surface area contributed by atoms with Gasteiger partial charge in [-0.2, -0.15) is 4.31 Å². The Labute approximate surface area is 136 Å². The monoisotopic (exact) mass is 362 g/mol. The third-order valence-corrected chi connectivity index (χ3v) is 7.51. The van der Waals surface area contributed by atoms with Crippen LogP contribution in [-0.4, -0.2) is 60.3 Å². The van der Waals surface area contributed by atoms with Crippen LogP contribution in [0.15, 0.2) is 15.7 Å². The van der Waals surface area contributed by atoms with Gasteiger partial charge in [0.25, 0.3) is 10.0 Å². The second-order valence-electron chi connectivity index (χ2n) is 5.65. The van der Waals surface area contributed by atoms with Gasteiger partial charge in [-0.15, -0.1) is 11.3 Å². The summed E-state index contributed by atoms with van der Waals surface area (Å²) in [6, 6.07) is 0.747. The number of sulfonamides is 1. The van der Waals surface area contributed by atoms with E-state index in [1.54, 1.807) is 0 Å². The molecule has 3 heterocycles. The van der Waals surface area contributed by atoms with Crippen LogP contribution in [0.2, 0.25) is 0 Å². The molecule has 1 aromatic heterocycles. The van der Waals surface area contributed by atoms with Gasteiger partial charge in [0.2, 0.25) is 5.91 Å². The maximum atomic E-state index is 13.6. The number of thiophene rings is 1. The average molecular weight is 362 g/mol. The third kappa shape index (κ3) is 2.86. The second kappa shape index (κ2) is 5.84. The van der Waals surface area contributed by atoms with Crippen molar-refractivity contribution in [3.05, 3.63) is 17.3 Å². The molecular formula is C13H15FN2O5S2. The van der Waals surface area contributed by atoms with E-state index in [-0.39, 0.29) is 42.2 Å². The van der Waals surface area contributed by atoms with Crippen LogP contribution in [0.25, 0.3) is 0 Å². The number of amides is 1. The molecule has 0 bridgehead atoms. The normalized spacial score (nSPS) is 26.1. The Balaban J connectivity index is 1.73. The summed E-state index contributed by atoms with van der Waals surface area (Å²) in [6.45, 7) is 0.351. The van der Waals surface area contributed by atoms with E-state index in [9.17, 15) is 22.4 Å². The first-order valence-electron chi connectivity index (χ1n) is 7.06. The molecule has 1 N–H and O–H groups in total. The topological polar surface area (TPSA) is 95.0 Å². The van der Waals surface area contributed by atoms with Gasteiger partial charge in [0.15, 0.2) is 10.0 Å². The minimum Gasteiger partial charge on any atom is -0.481 e. The highest BCUT2D eigenvalue weighted by Crippen LogP contribution is 2.30. The van der Waals surface area contributed by atoms with E-state index in [0.717, 1.165) is 21.7 Å². The van der Waals surface area contributed by atoms with Gasteiger partial charge in [-0.1, -0.05) is 0 Å². The summed E-state index contributed by atoms with van der Waals surface area (Å²) in [6.07, 6.45) is 0.364.